The van der Waals surface area contributed by atoms with Gasteiger partial charge in [-0.25, -0.2) is 0 Å². The van der Waals surface area contributed by atoms with Gasteiger partial charge in [-0.2, -0.15) is 0 Å². The summed E-state index contributed by atoms with van der Waals surface area (Å²) in [5.41, 5.74) is 4.99. The Labute approximate surface area is 230 Å². The van der Waals surface area contributed by atoms with Gasteiger partial charge in [-0.3, -0.25) is 19.5 Å². The number of allylic oxidation sites excluding steroid dienone is 2. The highest BCUT2D eigenvalue weighted by atomic mass is 16.5. The summed E-state index contributed by atoms with van der Waals surface area (Å²) in [5, 5.41) is 20.8. The molecule has 2 fully saturated rings. The third-order valence-electron chi connectivity index (χ3n) is 8.36. The Kier molecular flexibility index (Phi) is 8.05. The van der Waals surface area contributed by atoms with E-state index in [1.165, 1.54) is 10.5 Å². The fraction of sp³-hybridized carbons (Fsp3) is 0.452. The van der Waals surface area contributed by atoms with Gasteiger partial charge in [-0.15, -0.1) is 0 Å². The number of nitrogens with zero attached hydrogens (tertiary/aromatic N) is 2. The molecule has 0 saturated carbocycles. The first-order chi connectivity index (χ1) is 18.8. The summed E-state index contributed by atoms with van der Waals surface area (Å²) in [6, 6.07) is 12.9. The van der Waals surface area contributed by atoms with Crippen molar-refractivity contribution in [2.45, 2.75) is 58.9 Å². The molecule has 7 nitrogen and oxygen atoms in total. The Balaban J connectivity index is 1.48. The Morgan fingerprint density at radius 1 is 1.18 bits per heavy atom. The van der Waals surface area contributed by atoms with Crippen LogP contribution in [-0.4, -0.2) is 51.6 Å². The van der Waals surface area contributed by atoms with Crippen LogP contribution >= 0.6 is 0 Å². The molecule has 39 heavy (non-hydrogen) atoms. The molecule has 0 unspecified atom stereocenters. The number of phenols is 1. The first-order valence-corrected chi connectivity index (χ1v) is 14.1. The Morgan fingerprint density at radius 3 is 2.69 bits per heavy atom. The molecule has 2 saturated heterocycles. The summed E-state index contributed by atoms with van der Waals surface area (Å²) in [4.78, 5) is 32.8. The van der Waals surface area contributed by atoms with E-state index >= 15 is 0 Å². The zero-order chi connectivity index (χ0) is 27.7. The van der Waals surface area contributed by atoms with Crippen LogP contribution in [0.3, 0.4) is 0 Å². The van der Waals surface area contributed by atoms with Gasteiger partial charge in [0.1, 0.15) is 5.75 Å². The van der Waals surface area contributed by atoms with Crippen LogP contribution in [0.5, 0.6) is 5.75 Å². The second-order valence-corrected chi connectivity index (χ2v) is 11.2. The second kappa shape index (κ2) is 11.5. The molecule has 8 heteroatoms. The number of hydrogen-bond donors (Lipinski definition) is 2. The van der Waals surface area contributed by atoms with E-state index in [0.29, 0.717) is 32.1 Å². The van der Waals surface area contributed by atoms with Gasteiger partial charge in [0.25, 0.3) is 0 Å². The van der Waals surface area contributed by atoms with Gasteiger partial charge in [0.05, 0.1) is 23.6 Å². The lowest BCUT2D eigenvalue weighted by Gasteiger charge is -2.44. The lowest BCUT2D eigenvalue weighted by molar-refractivity contribution is -0.140. The first-order valence-electron chi connectivity index (χ1n) is 14.1. The molecule has 1 aromatic heterocycles. The van der Waals surface area contributed by atoms with Crippen LogP contribution < -0.4 is 0 Å². The standard InChI is InChI=1S/C31H37BN2O5/c1-4-14-34-30(36)24-17-23(19(2)3)28-25(29(24)31(34)37)18-32(38)39-27(28)12-11-21(26-10-5-6-13-33-26)15-20-8-7-9-22(35)16-20/h5-10,13,15-16,19,24-25,27,29,35,38H,4,11-12,14,17-18H2,1-3H3/b21-15-/t24-,25+,27-,29-/m1/s1. The maximum atomic E-state index is 13.5. The maximum Gasteiger partial charge on any atom is 0.455 e. The predicted octanol–water partition coefficient (Wildman–Crippen LogP) is 4.97. The lowest BCUT2D eigenvalue weighted by atomic mass is 9.57. The fourth-order valence-electron chi connectivity index (χ4n) is 6.69. The Hall–Kier alpha value is -3.23. The largest absolute Gasteiger partial charge is 0.508 e. The van der Waals surface area contributed by atoms with Crippen LogP contribution in [0.2, 0.25) is 6.32 Å². The van der Waals surface area contributed by atoms with E-state index in [2.05, 4.69) is 18.8 Å². The summed E-state index contributed by atoms with van der Waals surface area (Å²) in [6.45, 7) is 6.69. The van der Waals surface area contributed by atoms with Crippen LogP contribution in [0.25, 0.3) is 11.6 Å². The number of amides is 2. The number of benzene rings is 1. The molecule has 0 spiro atoms. The quantitative estimate of drug-likeness (QED) is 0.285. The average Bonchev–Trinajstić information content (AvgIpc) is 3.15. The molecule has 4 atom stereocenters. The van der Waals surface area contributed by atoms with E-state index in [4.69, 9.17) is 4.65 Å². The zero-order valence-corrected chi connectivity index (χ0v) is 22.9. The van der Waals surface area contributed by atoms with Gasteiger partial charge in [-0.05, 0) is 90.9 Å². The van der Waals surface area contributed by atoms with Crippen molar-refractivity contribution in [3.05, 3.63) is 71.1 Å². The topological polar surface area (TPSA) is 100.0 Å². The molecule has 1 aromatic carbocycles. The molecule has 2 amide bonds. The van der Waals surface area contributed by atoms with Crippen LogP contribution in [-0.2, 0) is 14.2 Å². The number of likely N-dealkylation sites (tertiary alicyclic amines) is 1. The second-order valence-electron chi connectivity index (χ2n) is 11.2. The minimum Gasteiger partial charge on any atom is -0.508 e. The van der Waals surface area contributed by atoms with Crippen LogP contribution in [0.4, 0.5) is 0 Å². The van der Waals surface area contributed by atoms with E-state index in [1.54, 1.807) is 18.3 Å². The van der Waals surface area contributed by atoms with Crippen molar-refractivity contribution < 1.29 is 24.4 Å². The zero-order valence-electron chi connectivity index (χ0n) is 22.9. The smallest absolute Gasteiger partial charge is 0.455 e. The van der Waals surface area contributed by atoms with E-state index in [1.807, 2.05) is 43.3 Å². The van der Waals surface area contributed by atoms with Crippen LogP contribution in [0.15, 0.2) is 59.8 Å². The number of phenolic OH excluding ortho intramolecular Hbond substituents is 1. The number of fused-ring (bicyclic) bond motifs is 3. The number of carbonyl (C=O) groups is 2. The van der Waals surface area contributed by atoms with E-state index in [-0.39, 0.29) is 41.4 Å². The summed E-state index contributed by atoms with van der Waals surface area (Å²) < 4.78 is 6.18. The van der Waals surface area contributed by atoms with Gasteiger partial charge >= 0.3 is 7.12 Å². The molecule has 204 valence electrons. The monoisotopic (exact) mass is 528 g/mol. The van der Waals surface area contributed by atoms with Crippen LogP contribution in [0, 0.1) is 23.7 Å². The summed E-state index contributed by atoms with van der Waals surface area (Å²) in [5.74, 6) is -0.748. The highest BCUT2D eigenvalue weighted by molar-refractivity contribution is 6.43. The number of carbonyl (C=O) groups excluding carboxylic acids is 2. The van der Waals surface area contributed by atoms with Crippen molar-refractivity contribution in [1.82, 2.24) is 9.88 Å². The average molecular weight is 528 g/mol. The molecule has 1 aliphatic carbocycles. The number of aromatic nitrogens is 1. The number of imide groups is 1. The highest BCUT2D eigenvalue weighted by Crippen LogP contribution is 2.52. The van der Waals surface area contributed by atoms with Crippen molar-refractivity contribution in [2.24, 2.45) is 23.7 Å². The normalized spacial score (nSPS) is 25.4. The Morgan fingerprint density at radius 2 is 2.00 bits per heavy atom. The molecule has 3 aliphatic rings. The highest BCUT2D eigenvalue weighted by Gasteiger charge is 2.57. The summed E-state index contributed by atoms with van der Waals surface area (Å²) in [6.07, 6.45) is 6.26. The third kappa shape index (κ3) is 5.45. The number of aromatic hydroxyl groups is 1. The van der Waals surface area contributed by atoms with Crippen molar-refractivity contribution in [2.75, 3.05) is 6.54 Å². The van der Waals surface area contributed by atoms with Gasteiger partial charge in [-0.1, -0.05) is 44.5 Å². The third-order valence-corrected chi connectivity index (χ3v) is 8.36. The Bertz CT molecular complexity index is 1290. The molecule has 0 bridgehead atoms. The SMILES string of the molecule is CCCN1C(=O)[C@@H]2[C@@H](CC(C(C)C)=C3[C@@H](CC/C(=C/c4cccc(O)c4)c4ccccn4)OB(O)C[C@@H]32)C1=O. The molecule has 5 rings (SSSR count). The molecule has 2 aromatic rings. The van der Waals surface area contributed by atoms with Crippen molar-refractivity contribution in [1.29, 1.82) is 0 Å². The molecular weight excluding hydrogens is 491 g/mol. The molecular formula is C31H37BN2O5. The predicted molar refractivity (Wildman–Crippen MR) is 151 cm³/mol. The minimum absolute atomic E-state index is 0.0620. The summed E-state index contributed by atoms with van der Waals surface area (Å²) in [7, 11) is -0.993. The molecule has 2 aliphatic heterocycles. The van der Waals surface area contributed by atoms with Crippen molar-refractivity contribution in [3.8, 4) is 5.75 Å². The first kappa shape index (κ1) is 27.3. The van der Waals surface area contributed by atoms with Gasteiger partial charge in [0, 0.05) is 12.7 Å². The van der Waals surface area contributed by atoms with Gasteiger partial charge < -0.3 is 14.8 Å². The lowest BCUT2D eigenvalue weighted by Crippen LogP contribution is -2.46. The van der Waals surface area contributed by atoms with Gasteiger partial charge in [0.15, 0.2) is 0 Å². The van der Waals surface area contributed by atoms with E-state index in [0.717, 1.165) is 28.8 Å². The van der Waals surface area contributed by atoms with E-state index < -0.39 is 13.0 Å². The number of rotatable bonds is 8. The van der Waals surface area contributed by atoms with Crippen LogP contribution in [0.1, 0.15) is 57.7 Å². The van der Waals surface area contributed by atoms with Crippen molar-refractivity contribution in [3.63, 3.8) is 0 Å². The minimum atomic E-state index is -0.993. The molecule has 2 N–H and O–H groups in total. The summed E-state index contributed by atoms with van der Waals surface area (Å²) >= 11 is 0. The van der Waals surface area contributed by atoms with Gasteiger partial charge in [0.2, 0.25) is 11.8 Å². The van der Waals surface area contributed by atoms with E-state index in [9.17, 15) is 19.7 Å². The molecule has 3 heterocycles. The fourth-order valence-corrected chi connectivity index (χ4v) is 6.69. The maximum absolute atomic E-state index is 13.5. The molecule has 0 radical (unpaired) electrons. The number of hydrogen-bond acceptors (Lipinski definition) is 6. The number of pyridine rings is 1. The van der Waals surface area contributed by atoms with Crippen molar-refractivity contribution >= 4 is 30.6 Å².